The monoisotopic (exact) mass is 219 g/mol. The molecule has 0 fully saturated rings. The number of rotatable bonds is 3. The van der Waals surface area contributed by atoms with Crippen LogP contribution in [0.2, 0.25) is 0 Å². The van der Waals surface area contributed by atoms with Gasteiger partial charge >= 0.3 is 0 Å². The third-order valence-corrected chi connectivity index (χ3v) is 2.53. The van der Waals surface area contributed by atoms with Gasteiger partial charge < -0.3 is 15.0 Å². The fraction of sp³-hybridized carbons (Fsp3) is 0.417. The van der Waals surface area contributed by atoms with E-state index in [1.165, 1.54) is 0 Å². The average Bonchev–Trinajstić information content (AvgIpc) is 2.54. The Morgan fingerprint density at radius 1 is 1.44 bits per heavy atom. The molecule has 4 nitrogen and oxygen atoms in total. The predicted molar refractivity (Wildman–Crippen MR) is 65.5 cm³/mol. The normalized spacial score (nSPS) is 11.2. The minimum absolute atomic E-state index is 0.518. The van der Waals surface area contributed by atoms with Crippen LogP contribution in [0.25, 0.3) is 11.0 Å². The fourth-order valence-corrected chi connectivity index (χ4v) is 1.89. The highest BCUT2D eigenvalue weighted by Crippen LogP contribution is 2.28. The van der Waals surface area contributed by atoms with E-state index < -0.39 is 0 Å². The summed E-state index contributed by atoms with van der Waals surface area (Å²) in [7, 11) is 1.66. The lowest BCUT2D eigenvalue weighted by Crippen LogP contribution is -2.08. The molecule has 0 aliphatic carbocycles. The molecular formula is C12H17N3O. The highest BCUT2D eigenvalue weighted by molar-refractivity contribution is 5.84. The van der Waals surface area contributed by atoms with E-state index in [4.69, 9.17) is 10.5 Å². The van der Waals surface area contributed by atoms with Gasteiger partial charge in [-0.3, -0.25) is 0 Å². The van der Waals surface area contributed by atoms with E-state index in [0.29, 0.717) is 11.9 Å². The second-order valence-corrected chi connectivity index (χ2v) is 4.30. The number of anilines is 1. The summed E-state index contributed by atoms with van der Waals surface area (Å²) in [5.74, 6) is 1.89. The first kappa shape index (κ1) is 10.8. The molecule has 1 aromatic carbocycles. The molecule has 0 radical (unpaired) electrons. The topological polar surface area (TPSA) is 53.1 Å². The summed E-state index contributed by atoms with van der Waals surface area (Å²) >= 11 is 0. The first-order valence-electron chi connectivity index (χ1n) is 5.42. The number of methoxy groups -OCH3 is 1. The average molecular weight is 219 g/mol. The van der Waals surface area contributed by atoms with Crippen LogP contribution >= 0.6 is 0 Å². The van der Waals surface area contributed by atoms with Crippen molar-refractivity contribution in [2.45, 2.75) is 20.4 Å². The van der Waals surface area contributed by atoms with Crippen molar-refractivity contribution in [1.82, 2.24) is 9.55 Å². The molecule has 0 aliphatic heterocycles. The Bertz CT molecular complexity index is 502. The predicted octanol–water partition coefficient (Wildman–Crippen LogP) is 2.28. The Balaban J connectivity index is 2.65. The maximum atomic E-state index is 5.92. The first-order valence-corrected chi connectivity index (χ1v) is 5.42. The molecule has 0 bridgehead atoms. The maximum Gasteiger partial charge on any atom is 0.201 e. The van der Waals surface area contributed by atoms with Crippen LogP contribution in [-0.4, -0.2) is 16.7 Å². The van der Waals surface area contributed by atoms with Crippen molar-refractivity contribution in [1.29, 1.82) is 0 Å². The van der Waals surface area contributed by atoms with Crippen molar-refractivity contribution in [3.8, 4) is 5.75 Å². The Labute approximate surface area is 95.0 Å². The lowest BCUT2D eigenvalue weighted by Gasteiger charge is -2.11. The van der Waals surface area contributed by atoms with Crippen LogP contribution in [0.5, 0.6) is 5.75 Å². The summed E-state index contributed by atoms with van der Waals surface area (Å²) in [6.45, 7) is 5.16. The standard InChI is InChI=1S/C12H17N3O/c1-8(2)7-15-11-9(14-12(15)13)5-4-6-10(11)16-3/h4-6,8H,7H2,1-3H3,(H2,13,14). The van der Waals surface area contributed by atoms with E-state index >= 15 is 0 Å². The Hall–Kier alpha value is -1.71. The maximum absolute atomic E-state index is 5.92. The summed E-state index contributed by atoms with van der Waals surface area (Å²) in [6.07, 6.45) is 0. The Morgan fingerprint density at radius 2 is 2.19 bits per heavy atom. The van der Waals surface area contributed by atoms with Crippen molar-refractivity contribution >= 4 is 17.0 Å². The number of nitrogens with zero attached hydrogens (tertiary/aromatic N) is 2. The number of aromatic nitrogens is 2. The molecular weight excluding hydrogens is 202 g/mol. The molecule has 0 spiro atoms. The molecule has 2 N–H and O–H groups in total. The van der Waals surface area contributed by atoms with Crippen molar-refractivity contribution in [2.24, 2.45) is 5.92 Å². The summed E-state index contributed by atoms with van der Waals surface area (Å²) in [5.41, 5.74) is 7.79. The number of nitrogens with two attached hydrogens (primary N) is 1. The number of para-hydroxylation sites is 1. The van der Waals surface area contributed by atoms with Crippen LogP contribution in [0.1, 0.15) is 13.8 Å². The molecule has 0 aliphatic rings. The molecule has 16 heavy (non-hydrogen) atoms. The number of nitrogen functional groups attached to an aromatic ring is 1. The van der Waals surface area contributed by atoms with E-state index in [2.05, 4.69) is 18.8 Å². The number of benzene rings is 1. The SMILES string of the molecule is COc1cccc2nc(N)n(CC(C)C)c12. The Kier molecular flexibility index (Phi) is 2.73. The zero-order valence-electron chi connectivity index (χ0n) is 9.90. The molecule has 0 saturated heterocycles. The van der Waals surface area contributed by atoms with E-state index in [1.807, 2.05) is 22.8 Å². The van der Waals surface area contributed by atoms with Gasteiger partial charge in [0.15, 0.2) is 0 Å². The fourth-order valence-electron chi connectivity index (χ4n) is 1.89. The van der Waals surface area contributed by atoms with Gasteiger partial charge in [0.1, 0.15) is 11.3 Å². The summed E-state index contributed by atoms with van der Waals surface area (Å²) in [6, 6.07) is 5.80. The van der Waals surface area contributed by atoms with E-state index in [9.17, 15) is 0 Å². The molecule has 0 amide bonds. The van der Waals surface area contributed by atoms with Gasteiger partial charge in [0.25, 0.3) is 0 Å². The minimum Gasteiger partial charge on any atom is -0.494 e. The molecule has 0 saturated carbocycles. The van der Waals surface area contributed by atoms with Gasteiger partial charge in [-0.05, 0) is 18.1 Å². The van der Waals surface area contributed by atoms with Gasteiger partial charge in [-0.2, -0.15) is 0 Å². The first-order chi connectivity index (χ1) is 7.63. The molecule has 0 unspecified atom stereocenters. The number of hydrogen-bond acceptors (Lipinski definition) is 3. The third-order valence-electron chi connectivity index (χ3n) is 2.53. The van der Waals surface area contributed by atoms with Gasteiger partial charge in [-0.25, -0.2) is 4.98 Å². The van der Waals surface area contributed by atoms with Crippen LogP contribution in [0, 0.1) is 5.92 Å². The smallest absolute Gasteiger partial charge is 0.201 e. The van der Waals surface area contributed by atoms with Crippen molar-refractivity contribution in [3.05, 3.63) is 18.2 Å². The number of hydrogen-bond donors (Lipinski definition) is 1. The quantitative estimate of drug-likeness (QED) is 0.861. The van der Waals surface area contributed by atoms with Crippen LogP contribution in [0.4, 0.5) is 5.95 Å². The zero-order chi connectivity index (χ0) is 11.7. The van der Waals surface area contributed by atoms with Crippen LogP contribution in [0.3, 0.4) is 0 Å². The lowest BCUT2D eigenvalue weighted by molar-refractivity contribution is 0.416. The van der Waals surface area contributed by atoms with Crippen LogP contribution in [-0.2, 0) is 6.54 Å². The summed E-state index contributed by atoms with van der Waals surface area (Å²) in [5, 5.41) is 0. The van der Waals surface area contributed by atoms with Gasteiger partial charge in [0, 0.05) is 6.54 Å². The molecule has 2 aromatic rings. The molecule has 1 heterocycles. The number of ether oxygens (including phenoxy) is 1. The van der Waals surface area contributed by atoms with Crippen LogP contribution < -0.4 is 10.5 Å². The highest BCUT2D eigenvalue weighted by Gasteiger charge is 2.13. The highest BCUT2D eigenvalue weighted by atomic mass is 16.5. The summed E-state index contributed by atoms with van der Waals surface area (Å²) in [4.78, 5) is 4.34. The van der Waals surface area contributed by atoms with Crippen molar-refractivity contribution in [2.75, 3.05) is 12.8 Å². The van der Waals surface area contributed by atoms with Crippen molar-refractivity contribution in [3.63, 3.8) is 0 Å². The minimum atomic E-state index is 0.518. The van der Waals surface area contributed by atoms with Gasteiger partial charge in [0.05, 0.1) is 12.6 Å². The molecule has 1 aromatic heterocycles. The van der Waals surface area contributed by atoms with E-state index in [1.54, 1.807) is 7.11 Å². The van der Waals surface area contributed by atoms with E-state index in [-0.39, 0.29) is 0 Å². The van der Waals surface area contributed by atoms with Gasteiger partial charge in [-0.1, -0.05) is 19.9 Å². The molecule has 86 valence electrons. The van der Waals surface area contributed by atoms with Gasteiger partial charge in [-0.15, -0.1) is 0 Å². The van der Waals surface area contributed by atoms with Crippen molar-refractivity contribution < 1.29 is 4.74 Å². The third kappa shape index (κ3) is 1.71. The lowest BCUT2D eigenvalue weighted by atomic mass is 10.2. The second kappa shape index (κ2) is 4.04. The zero-order valence-corrected chi connectivity index (χ0v) is 9.90. The van der Waals surface area contributed by atoms with Gasteiger partial charge in [0.2, 0.25) is 5.95 Å². The summed E-state index contributed by atoms with van der Waals surface area (Å²) < 4.78 is 7.36. The second-order valence-electron chi connectivity index (χ2n) is 4.30. The van der Waals surface area contributed by atoms with Crippen LogP contribution in [0.15, 0.2) is 18.2 Å². The largest absolute Gasteiger partial charge is 0.494 e. The number of imidazole rings is 1. The Morgan fingerprint density at radius 3 is 2.81 bits per heavy atom. The molecule has 2 rings (SSSR count). The molecule has 0 atom stereocenters. The van der Waals surface area contributed by atoms with E-state index in [0.717, 1.165) is 23.3 Å². The number of fused-ring (bicyclic) bond motifs is 1. The molecule has 4 heteroatoms.